The molecule has 0 unspecified atom stereocenters. The van der Waals surface area contributed by atoms with Gasteiger partial charge in [0.15, 0.2) is 0 Å². The molecule has 0 saturated carbocycles. The topological polar surface area (TPSA) is 54.4 Å². The molecular formula is C12H10O3S2. The van der Waals surface area contributed by atoms with E-state index in [1.807, 2.05) is 42.5 Å². The van der Waals surface area contributed by atoms with Gasteiger partial charge in [-0.2, -0.15) is 8.42 Å². The zero-order chi connectivity index (χ0) is 12.3. The van der Waals surface area contributed by atoms with Crippen LogP contribution in [0, 0.1) is 0 Å². The van der Waals surface area contributed by atoms with Crippen molar-refractivity contribution in [3.63, 3.8) is 0 Å². The van der Waals surface area contributed by atoms with E-state index in [-0.39, 0.29) is 0 Å². The van der Waals surface area contributed by atoms with E-state index < -0.39 is 9.15 Å². The molecule has 1 N–H and O–H groups in total. The van der Waals surface area contributed by atoms with E-state index in [0.29, 0.717) is 15.7 Å². The Kier molecular flexibility index (Phi) is 3.51. The Morgan fingerprint density at radius 2 is 1.35 bits per heavy atom. The summed E-state index contributed by atoms with van der Waals surface area (Å²) >= 11 is 0. The second kappa shape index (κ2) is 4.91. The first-order valence-electron chi connectivity index (χ1n) is 4.87. The van der Waals surface area contributed by atoms with Crippen molar-refractivity contribution in [2.45, 2.75) is 4.90 Å². The largest absolute Gasteiger partial charge is 0.324 e. The van der Waals surface area contributed by atoms with Gasteiger partial charge in [0.2, 0.25) is 0 Å². The molecule has 17 heavy (non-hydrogen) atoms. The van der Waals surface area contributed by atoms with Gasteiger partial charge in [0, 0.05) is 15.7 Å². The van der Waals surface area contributed by atoms with Gasteiger partial charge in [0.05, 0.1) is 0 Å². The van der Waals surface area contributed by atoms with Crippen molar-refractivity contribution in [2.75, 3.05) is 0 Å². The second-order valence-electron chi connectivity index (χ2n) is 3.40. The third-order valence-electron chi connectivity index (χ3n) is 2.16. The van der Waals surface area contributed by atoms with E-state index in [1.165, 1.54) is 0 Å². The molecule has 0 aliphatic carbocycles. The van der Waals surface area contributed by atoms with Gasteiger partial charge in [0.1, 0.15) is 0 Å². The summed E-state index contributed by atoms with van der Waals surface area (Å²) in [7, 11) is -3.61. The summed E-state index contributed by atoms with van der Waals surface area (Å²) in [6, 6.07) is 16.8. The van der Waals surface area contributed by atoms with Crippen molar-refractivity contribution in [2.24, 2.45) is 0 Å². The van der Waals surface area contributed by atoms with Crippen molar-refractivity contribution in [1.29, 1.82) is 0 Å². The maximum atomic E-state index is 10.7. The summed E-state index contributed by atoms with van der Waals surface area (Å²) in [5.74, 6) is 0. The summed E-state index contributed by atoms with van der Waals surface area (Å²) in [6.45, 7) is 0. The van der Waals surface area contributed by atoms with Crippen molar-refractivity contribution < 1.29 is 13.0 Å². The standard InChI is InChI=1S/C12H10O3S2/c13-17(14,15)16-12-8-6-11(7-9-12)10-4-2-1-3-5-10/h1-9H,(H,13,14,15). The van der Waals surface area contributed by atoms with E-state index >= 15 is 0 Å². The van der Waals surface area contributed by atoms with E-state index in [2.05, 4.69) is 0 Å². The highest BCUT2D eigenvalue weighted by molar-refractivity contribution is 8.69. The SMILES string of the molecule is O=S(=O)(O)Sc1ccc(-c2ccccc2)cc1. The predicted molar refractivity (Wildman–Crippen MR) is 69.3 cm³/mol. The molecule has 5 heteroatoms. The average Bonchev–Trinajstić information content (AvgIpc) is 2.29. The fourth-order valence-corrected chi connectivity index (χ4v) is 3.01. The first kappa shape index (κ1) is 12.2. The molecule has 0 spiro atoms. The van der Waals surface area contributed by atoms with Gasteiger partial charge >= 0.3 is 9.15 Å². The number of hydrogen-bond donors (Lipinski definition) is 1. The Morgan fingerprint density at radius 3 is 1.88 bits per heavy atom. The molecule has 0 amide bonds. The van der Waals surface area contributed by atoms with Crippen LogP contribution in [0.3, 0.4) is 0 Å². The molecule has 0 aromatic heterocycles. The van der Waals surface area contributed by atoms with Crippen LogP contribution in [-0.4, -0.2) is 13.0 Å². The summed E-state index contributed by atoms with van der Waals surface area (Å²) in [5.41, 5.74) is 2.07. The maximum absolute atomic E-state index is 10.7. The van der Waals surface area contributed by atoms with E-state index in [9.17, 15) is 8.42 Å². The Balaban J connectivity index is 2.25. The highest BCUT2D eigenvalue weighted by Gasteiger charge is 2.07. The third-order valence-corrected chi connectivity index (χ3v) is 4.05. The van der Waals surface area contributed by atoms with Crippen LogP contribution in [0.2, 0.25) is 0 Å². The van der Waals surface area contributed by atoms with E-state index in [0.717, 1.165) is 11.1 Å². The second-order valence-corrected chi connectivity index (χ2v) is 6.66. The maximum Gasteiger partial charge on any atom is 0.324 e. The highest BCUT2D eigenvalue weighted by Crippen LogP contribution is 2.26. The Labute approximate surface area is 104 Å². The minimum atomic E-state index is -4.04. The van der Waals surface area contributed by atoms with Crippen LogP contribution < -0.4 is 0 Å². The lowest BCUT2D eigenvalue weighted by atomic mass is 10.1. The Hall–Kier alpha value is -1.30. The molecule has 2 aromatic rings. The van der Waals surface area contributed by atoms with Gasteiger partial charge in [-0.15, -0.1) is 0 Å². The first-order chi connectivity index (χ1) is 8.04. The fourth-order valence-electron chi connectivity index (χ4n) is 1.46. The normalized spacial score (nSPS) is 11.4. The quantitative estimate of drug-likeness (QED) is 0.684. The lowest BCUT2D eigenvalue weighted by molar-refractivity contribution is 0.503. The van der Waals surface area contributed by atoms with Crippen LogP contribution in [-0.2, 0) is 9.15 Å². The predicted octanol–water partition coefficient (Wildman–Crippen LogP) is 3.25. The first-order valence-corrected chi connectivity index (χ1v) is 7.64. The number of rotatable bonds is 3. The summed E-state index contributed by atoms with van der Waals surface area (Å²) in [5, 5.41) is 0. The molecule has 0 radical (unpaired) electrons. The van der Waals surface area contributed by atoms with Gasteiger partial charge in [-0.25, -0.2) is 0 Å². The van der Waals surface area contributed by atoms with Crippen LogP contribution in [0.1, 0.15) is 0 Å². The zero-order valence-corrected chi connectivity index (χ0v) is 10.4. The molecule has 0 fully saturated rings. The summed E-state index contributed by atoms with van der Waals surface area (Å²) in [4.78, 5) is 0.493. The molecule has 2 rings (SSSR count). The molecule has 2 aromatic carbocycles. The minimum absolute atomic E-state index is 0.432. The molecule has 3 nitrogen and oxygen atoms in total. The van der Waals surface area contributed by atoms with Gasteiger partial charge in [-0.05, 0) is 23.3 Å². The lowest BCUT2D eigenvalue weighted by Crippen LogP contribution is -1.88. The third kappa shape index (κ3) is 3.59. The van der Waals surface area contributed by atoms with E-state index in [4.69, 9.17) is 4.55 Å². The summed E-state index contributed by atoms with van der Waals surface area (Å²) < 4.78 is 30.0. The monoisotopic (exact) mass is 266 g/mol. The highest BCUT2D eigenvalue weighted by atomic mass is 33.1. The molecule has 88 valence electrons. The van der Waals surface area contributed by atoms with Crippen molar-refractivity contribution in [3.8, 4) is 11.1 Å². The Morgan fingerprint density at radius 1 is 0.824 bits per heavy atom. The van der Waals surface area contributed by atoms with Gasteiger partial charge in [0.25, 0.3) is 0 Å². The van der Waals surface area contributed by atoms with Crippen LogP contribution in [0.25, 0.3) is 11.1 Å². The van der Waals surface area contributed by atoms with Gasteiger partial charge in [-0.3, -0.25) is 4.55 Å². The molecule has 0 heterocycles. The Bertz CT molecular complexity index is 589. The number of benzene rings is 2. The van der Waals surface area contributed by atoms with Crippen molar-refractivity contribution in [3.05, 3.63) is 54.6 Å². The average molecular weight is 266 g/mol. The van der Waals surface area contributed by atoms with Crippen LogP contribution >= 0.6 is 10.8 Å². The smallest absolute Gasteiger partial charge is 0.277 e. The van der Waals surface area contributed by atoms with Crippen LogP contribution in [0.4, 0.5) is 0 Å². The van der Waals surface area contributed by atoms with E-state index in [1.54, 1.807) is 12.1 Å². The minimum Gasteiger partial charge on any atom is -0.277 e. The summed E-state index contributed by atoms with van der Waals surface area (Å²) in [6.07, 6.45) is 0. The molecular weight excluding hydrogens is 256 g/mol. The number of hydrogen-bond acceptors (Lipinski definition) is 3. The molecule has 0 atom stereocenters. The lowest BCUT2D eigenvalue weighted by Gasteiger charge is -2.02. The fraction of sp³-hybridized carbons (Fsp3) is 0. The molecule has 0 aliphatic rings. The molecule has 0 bridgehead atoms. The van der Waals surface area contributed by atoms with Crippen LogP contribution in [0.15, 0.2) is 59.5 Å². The van der Waals surface area contributed by atoms with Gasteiger partial charge < -0.3 is 0 Å². The van der Waals surface area contributed by atoms with Crippen molar-refractivity contribution >= 4 is 19.9 Å². The molecule has 0 aliphatic heterocycles. The zero-order valence-electron chi connectivity index (χ0n) is 8.78. The van der Waals surface area contributed by atoms with Gasteiger partial charge in [-0.1, -0.05) is 42.5 Å². The molecule has 0 saturated heterocycles. The van der Waals surface area contributed by atoms with Crippen molar-refractivity contribution in [1.82, 2.24) is 0 Å². The van der Waals surface area contributed by atoms with Crippen LogP contribution in [0.5, 0.6) is 0 Å².